The Morgan fingerprint density at radius 2 is 2.00 bits per heavy atom. The zero-order chi connectivity index (χ0) is 19.7. The normalized spacial score (nSPS) is 12.3. The third-order valence-electron chi connectivity index (χ3n) is 4.57. The van der Waals surface area contributed by atoms with Gasteiger partial charge in [0.05, 0.1) is 11.9 Å². The maximum absolute atomic E-state index is 12.8. The number of hydrogen-bond donors (Lipinski definition) is 2. The highest BCUT2D eigenvalue weighted by Crippen LogP contribution is 2.13. The minimum Gasteiger partial charge on any atom is -0.406 e. The molecule has 1 atom stereocenters. The molecular formula is C19H17N5O4. The Kier molecular flexibility index (Phi) is 4.48. The van der Waals surface area contributed by atoms with Crippen LogP contribution in [-0.2, 0) is 6.54 Å². The number of H-pyrrole nitrogens is 1. The van der Waals surface area contributed by atoms with E-state index in [4.69, 9.17) is 4.42 Å². The van der Waals surface area contributed by atoms with Gasteiger partial charge < -0.3 is 9.73 Å². The van der Waals surface area contributed by atoms with Crippen molar-refractivity contribution in [1.29, 1.82) is 0 Å². The van der Waals surface area contributed by atoms with E-state index in [1.807, 2.05) is 6.92 Å². The summed E-state index contributed by atoms with van der Waals surface area (Å²) in [5.74, 6) is -0.970. The summed E-state index contributed by atoms with van der Waals surface area (Å²) in [6.45, 7) is 2.09. The lowest BCUT2D eigenvalue weighted by Crippen LogP contribution is -2.40. The Bertz CT molecular complexity index is 1290. The zero-order valence-electron chi connectivity index (χ0n) is 15.0. The lowest BCUT2D eigenvalue weighted by atomic mass is 10.1. The zero-order valence-corrected chi connectivity index (χ0v) is 15.0. The minimum absolute atomic E-state index is 0.121. The number of benzene rings is 1. The van der Waals surface area contributed by atoms with Crippen molar-refractivity contribution in [3.05, 3.63) is 69.2 Å². The van der Waals surface area contributed by atoms with Crippen molar-refractivity contribution in [2.24, 2.45) is 0 Å². The quantitative estimate of drug-likeness (QED) is 0.541. The van der Waals surface area contributed by atoms with Gasteiger partial charge in [-0.2, -0.15) is 5.10 Å². The first kappa shape index (κ1) is 17.7. The van der Waals surface area contributed by atoms with Crippen LogP contribution in [0.1, 0.15) is 23.8 Å². The topological polar surface area (TPSA) is 123 Å². The Hall–Kier alpha value is -3.75. The number of amides is 1. The van der Waals surface area contributed by atoms with Crippen molar-refractivity contribution < 1.29 is 9.21 Å². The summed E-state index contributed by atoms with van der Waals surface area (Å²) < 4.78 is 6.58. The van der Waals surface area contributed by atoms with Gasteiger partial charge in [0.25, 0.3) is 11.5 Å². The summed E-state index contributed by atoms with van der Waals surface area (Å²) in [6, 6.07) is 9.74. The molecule has 3 heterocycles. The molecule has 142 valence electrons. The van der Waals surface area contributed by atoms with E-state index in [1.54, 1.807) is 42.6 Å². The van der Waals surface area contributed by atoms with Crippen LogP contribution in [0.4, 0.5) is 0 Å². The molecule has 0 saturated carbocycles. The predicted molar refractivity (Wildman–Crippen MR) is 102 cm³/mol. The smallest absolute Gasteiger partial charge is 0.406 e. The second kappa shape index (κ2) is 7.10. The molecule has 0 fully saturated rings. The highest BCUT2D eigenvalue weighted by atomic mass is 16.4. The van der Waals surface area contributed by atoms with Gasteiger partial charge in [0.1, 0.15) is 0 Å². The number of aromatic nitrogens is 4. The van der Waals surface area contributed by atoms with Gasteiger partial charge in [0.2, 0.25) is 0 Å². The maximum Gasteiger partial charge on any atom is 0.421 e. The van der Waals surface area contributed by atoms with Gasteiger partial charge in [0, 0.05) is 17.6 Å². The lowest BCUT2D eigenvalue weighted by Gasteiger charge is -2.17. The Morgan fingerprint density at radius 3 is 2.79 bits per heavy atom. The van der Waals surface area contributed by atoms with Crippen molar-refractivity contribution in [2.45, 2.75) is 25.9 Å². The summed E-state index contributed by atoms with van der Waals surface area (Å²) >= 11 is 0. The number of carbonyl (C=O) groups is 1. The Balaban J connectivity index is 1.63. The number of nitrogens with one attached hydrogen (secondary N) is 2. The third-order valence-corrected chi connectivity index (χ3v) is 4.57. The van der Waals surface area contributed by atoms with Crippen molar-refractivity contribution in [3.63, 3.8) is 0 Å². The first-order valence-electron chi connectivity index (χ1n) is 8.81. The van der Waals surface area contributed by atoms with E-state index in [0.717, 1.165) is 0 Å². The molecule has 2 N–H and O–H groups in total. The number of pyridine rings is 1. The van der Waals surface area contributed by atoms with Crippen molar-refractivity contribution in [1.82, 2.24) is 25.1 Å². The van der Waals surface area contributed by atoms with Gasteiger partial charge in [-0.1, -0.05) is 25.1 Å². The van der Waals surface area contributed by atoms with E-state index in [-0.39, 0.29) is 23.8 Å². The molecule has 0 unspecified atom stereocenters. The van der Waals surface area contributed by atoms with Gasteiger partial charge in [-0.3, -0.25) is 14.2 Å². The van der Waals surface area contributed by atoms with E-state index < -0.39 is 11.7 Å². The molecule has 0 aliphatic carbocycles. The van der Waals surface area contributed by atoms with Gasteiger partial charge in [-0.15, -0.1) is 0 Å². The van der Waals surface area contributed by atoms with Crippen LogP contribution in [0.5, 0.6) is 0 Å². The largest absolute Gasteiger partial charge is 0.421 e. The van der Waals surface area contributed by atoms with Crippen LogP contribution in [0.3, 0.4) is 0 Å². The number of nitrogens with zero attached hydrogens (tertiary/aromatic N) is 3. The SMILES string of the molecule is CC[C@@H](Cn1c(=O)oc2cccnc21)NC(=O)c1n[nH]c(=O)c2ccccc12. The molecule has 1 amide bonds. The fourth-order valence-electron chi connectivity index (χ4n) is 3.10. The monoisotopic (exact) mass is 379 g/mol. The highest BCUT2D eigenvalue weighted by Gasteiger charge is 2.20. The fourth-order valence-corrected chi connectivity index (χ4v) is 3.10. The molecule has 0 radical (unpaired) electrons. The summed E-state index contributed by atoms with van der Waals surface area (Å²) in [6.07, 6.45) is 2.14. The van der Waals surface area contributed by atoms with E-state index >= 15 is 0 Å². The predicted octanol–water partition coefficient (Wildman–Crippen LogP) is 1.43. The average molecular weight is 379 g/mol. The summed E-state index contributed by atoms with van der Waals surface area (Å²) in [5, 5.41) is 9.98. The first-order chi connectivity index (χ1) is 13.6. The maximum atomic E-state index is 12.8. The number of hydrogen-bond acceptors (Lipinski definition) is 6. The third kappa shape index (κ3) is 3.07. The molecule has 0 saturated heterocycles. The molecule has 3 aromatic heterocycles. The molecule has 4 aromatic rings. The minimum atomic E-state index is -0.533. The van der Waals surface area contributed by atoms with Gasteiger partial charge in [0.15, 0.2) is 16.9 Å². The van der Waals surface area contributed by atoms with Crippen molar-refractivity contribution in [3.8, 4) is 0 Å². The molecule has 0 bridgehead atoms. The van der Waals surface area contributed by atoms with Crippen LogP contribution in [0, 0.1) is 0 Å². The summed E-state index contributed by atoms with van der Waals surface area (Å²) in [7, 11) is 0. The molecule has 9 heteroatoms. The molecule has 28 heavy (non-hydrogen) atoms. The van der Waals surface area contributed by atoms with Crippen LogP contribution in [0.25, 0.3) is 22.0 Å². The van der Waals surface area contributed by atoms with Crippen LogP contribution < -0.4 is 16.6 Å². The number of carbonyl (C=O) groups excluding carboxylic acids is 1. The first-order valence-corrected chi connectivity index (χ1v) is 8.81. The van der Waals surface area contributed by atoms with E-state index in [2.05, 4.69) is 20.5 Å². The fraction of sp³-hybridized carbons (Fsp3) is 0.211. The second-order valence-electron chi connectivity index (χ2n) is 6.33. The van der Waals surface area contributed by atoms with Crippen LogP contribution in [0.2, 0.25) is 0 Å². The molecule has 9 nitrogen and oxygen atoms in total. The number of rotatable bonds is 5. The molecule has 0 spiro atoms. The van der Waals surface area contributed by atoms with Gasteiger partial charge in [-0.25, -0.2) is 14.9 Å². The molecule has 0 aliphatic rings. The Morgan fingerprint density at radius 1 is 1.21 bits per heavy atom. The molecule has 4 rings (SSSR count). The van der Waals surface area contributed by atoms with E-state index in [1.165, 1.54) is 4.57 Å². The standard InChI is InChI=1S/C19H17N5O4/c1-2-11(10-24-16-14(28-19(24)27)8-5-9-20-16)21-18(26)15-12-6-3-4-7-13(12)17(25)23-22-15/h3-9,11H,2,10H2,1H3,(H,21,26)(H,23,25)/t11-/m0/s1. The number of fused-ring (bicyclic) bond motifs is 2. The summed E-state index contributed by atoms with van der Waals surface area (Å²) in [4.78, 5) is 41.0. The van der Waals surface area contributed by atoms with Gasteiger partial charge >= 0.3 is 5.76 Å². The second-order valence-corrected chi connectivity index (χ2v) is 6.33. The summed E-state index contributed by atoms with van der Waals surface area (Å²) in [5.41, 5.74) is 0.577. The van der Waals surface area contributed by atoms with Gasteiger partial charge in [-0.05, 0) is 24.6 Å². The van der Waals surface area contributed by atoms with Crippen LogP contribution in [0.15, 0.2) is 56.6 Å². The average Bonchev–Trinajstić information content (AvgIpc) is 3.03. The van der Waals surface area contributed by atoms with Crippen LogP contribution >= 0.6 is 0 Å². The molecular weight excluding hydrogens is 362 g/mol. The van der Waals surface area contributed by atoms with Crippen molar-refractivity contribution >= 4 is 27.9 Å². The highest BCUT2D eigenvalue weighted by molar-refractivity contribution is 6.04. The molecule has 1 aromatic carbocycles. The number of aromatic amines is 1. The van der Waals surface area contributed by atoms with E-state index in [0.29, 0.717) is 28.4 Å². The number of oxazole rings is 1. The van der Waals surface area contributed by atoms with Crippen molar-refractivity contribution in [2.75, 3.05) is 0 Å². The Labute approximate surface area is 158 Å². The lowest BCUT2D eigenvalue weighted by molar-refractivity contribution is 0.0927. The van der Waals surface area contributed by atoms with Crippen LogP contribution in [-0.4, -0.2) is 31.7 Å². The van der Waals surface area contributed by atoms with E-state index in [9.17, 15) is 14.4 Å². The molecule has 0 aliphatic heterocycles.